The second-order valence-corrected chi connectivity index (χ2v) is 8.37. The van der Waals surface area contributed by atoms with E-state index in [0.717, 1.165) is 50.1 Å². The first-order chi connectivity index (χ1) is 12.5. The highest BCUT2D eigenvalue weighted by atomic mass is 35.5. The molecule has 0 unspecified atom stereocenters. The molecule has 2 saturated heterocycles. The van der Waals surface area contributed by atoms with E-state index in [4.69, 9.17) is 17.3 Å². The molecule has 1 saturated carbocycles. The Labute approximate surface area is 159 Å². The van der Waals surface area contributed by atoms with Crippen LogP contribution >= 0.6 is 11.6 Å². The van der Waals surface area contributed by atoms with E-state index in [1.54, 1.807) is 4.90 Å². The fraction of sp³-hybridized carbons (Fsp3) is 0.600. The number of halogens is 1. The normalized spacial score (nSPS) is 32.1. The maximum atomic E-state index is 12.9. The van der Waals surface area contributed by atoms with Crippen LogP contribution in [0, 0.1) is 0 Å². The van der Waals surface area contributed by atoms with Gasteiger partial charge < -0.3 is 15.5 Å². The SMILES string of the molecule is NC[C@]1(c2cccc(Cl)c2)CC[C@@H](N2CC(=O)N3CCC[C@H]3C2=O)CC1. The summed E-state index contributed by atoms with van der Waals surface area (Å²) in [7, 11) is 0. The maximum absolute atomic E-state index is 12.9. The van der Waals surface area contributed by atoms with E-state index < -0.39 is 0 Å². The van der Waals surface area contributed by atoms with Crippen LogP contribution in [0.5, 0.6) is 0 Å². The molecule has 26 heavy (non-hydrogen) atoms. The fourth-order valence-electron chi connectivity index (χ4n) is 5.03. The van der Waals surface area contributed by atoms with E-state index in [1.165, 1.54) is 5.56 Å². The van der Waals surface area contributed by atoms with Crippen LogP contribution in [0.3, 0.4) is 0 Å². The lowest BCUT2D eigenvalue weighted by Crippen LogP contribution is -2.61. The average Bonchev–Trinajstić information content (AvgIpc) is 3.16. The van der Waals surface area contributed by atoms with Gasteiger partial charge >= 0.3 is 0 Å². The molecule has 0 bridgehead atoms. The summed E-state index contributed by atoms with van der Waals surface area (Å²) in [6.45, 7) is 1.55. The minimum Gasteiger partial charge on any atom is -0.330 e. The molecule has 1 aliphatic carbocycles. The molecule has 0 aromatic heterocycles. The van der Waals surface area contributed by atoms with Gasteiger partial charge in [-0.25, -0.2) is 0 Å². The van der Waals surface area contributed by atoms with Crippen LogP contribution in [0.1, 0.15) is 44.1 Å². The molecular weight excluding hydrogens is 350 g/mol. The topological polar surface area (TPSA) is 66.6 Å². The molecule has 4 rings (SSSR count). The third kappa shape index (κ3) is 2.91. The zero-order valence-corrected chi connectivity index (χ0v) is 15.8. The van der Waals surface area contributed by atoms with Crippen molar-refractivity contribution >= 4 is 23.4 Å². The van der Waals surface area contributed by atoms with Gasteiger partial charge in [-0.05, 0) is 56.2 Å². The van der Waals surface area contributed by atoms with Crippen LogP contribution in [-0.4, -0.2) is 53.3 Å². The number of piperazine rings is 1. The quantitative estimate of drug-likeness (QED) is 0.881. The van der Waals surface area contributed by atoms with Crippen LogP contribution in [0.2, 0.25) is 5.02 Å². The van der Waals surface area contributed by atoms with E-state index >= 15 is 0 Å². The number of amides is 2. The molecule has 0 spiro atoms. The van der Waals surface area contributed by atoms with Crippen LogP contribution in [0.4, 0.5) is 0 Å². The highest BCUT2D eigenvalue weighted by Gasteiger charge is 2.46. The van der Waals surface area contributed by atoms with Crippen molar-refractivity contribution < 1.29 is 9.59 Å². The number of hydrogen-bond donors (Lipinski definition) is 1. The molecule has 3 aliphatic rings. The van der Waals surface area contributed by atoms with E-state index in [2.05, 4.69) is 6.07 Å². The molecule has 1 aromatic rings. The zero-order chi connectivity index (χ0) is 18.3. The number of nitrogens with zero attached hydrogens (tertiary/aromatic N) is 2. The molecule has 5 nitrogen and oxygen atoms in total. The van der Waals surface area contributed by atoms with Crippen molar-refractivity contribution in [3.8, 4) is 0 Å². The molecule has 3 fully saturated rings. The first-order valence-electron chi connectivity index (χ1n) is 9.60. The standard InChI is InChI=1S/C20H26ClN3O2/c21-15-4-1-3-14(11-15)20(13-22)8-6-16(7-9-20)24-12-18(25)23-10-2-5-17(23)19(24)26/h1,3-4,11,16-17H,2,5-10,12-13,22H2/t16-,17-,20+/m0/s1. The minimum atomic E-state index is -0.217. The van der Waals surface area contributed by atoms with Crippen molar-refractivity contribution in [2.75, 3.05) is 19.6 Å². The predicted octanol–water partition coefficient (Wildman–Crippen LogP) is 2.31. The van der Waals surface area contributed by atoms with Gasteiger partial charge in [0, 0.05) is 29.6 Å². The van der Waals surface area contributed by atoms with Gasteiger partial charge in [0.15, 0.2) is 0 Å². The number of fused-ring (bicyclic) bond motifs is 1. The Morgan fingerprint density at radius 3 is 2.62 bits per heavy atom. The van der Waals surface area contributed by atoms with Gasteiger partial charge in [0.1, 0.15) is 12.6 Å². The molecule has 2 heterocycles. The van der Waals surface area contributed by atoms with E-state index in [-0.39, 0.29) is 35.9 Å². The number of benzene rings is 1. The van der Waals surface area contributed by atoms with Gasteiger partial charge in [-0.1, -0.05) is 23.7 Å². The van der Waals surface area contributed by atoms with Crippen LogP contribution < -0.4 is 5.73 Å². The average molecular weight is 376 g/mol. The second kappa shape index (κ2) is 6.86. The Morgan fingerprint density at radius 1 is 1.15 bits per heavy atom. The highest BCUT2D eigenvalue weighted by Crippen LogP contribution is 2.41. The molecule has 1 atom stereocenters. The second-order valence-electron chi connectivity index (χ2n) is 7.94. The molecular formula is C20H26ClN3O2. The lowest BCUT2D eigenvalue weighted by molar-refractivity contribution is -0.156. The summed E-state index contributed by atoms with van der Waals surface area (Å²) in [5.41, 5.74) is 7.29. The van der Waals surface area contributed by atoms with Crippen molar-refractivity contribution in [1.29, 1.82) is 0 Å². The van der Waals surface area contributed by atoms with Crippen LogP contribution in [0.25, 0.3) is 0 Å². The summed E-state index contributed by atoms with van der Waals surface area (Å²) in [6, 6.07) is 7.90. The number of nitrogens with two attached hydrogens (primary N) is 1. The Bertz CT molecular complexity index is 715. The smallest absolute Gasteiger partial charge is 0.246 e. The number of rotatable bonds is 3. The van der Waals surface area contributed by atoms with Gasteiger partial charge in [-0.15, -0.1) is 0 Å². The summed E-state index contributed by atoms with van der Waals surface area (Å²) >= 11 is 6.18. The Hall–Kier alpha value is -1.59. The first-order valence-corrected chi connectivity index (χ1v) is 9.98. The summed E-state index contributed by atoms with van der Waals surface area (Å²) in [5, 5.41) is 0.732. The molecule has 2 N–H and O–H groups in total. The Balaban J connectivity index is 1.49. The van der Waals surface area contributed by atoms with Gasteiger partial charge in [-0.3, -0.25) is 9.59 Å². The lowest BCUT2D eigenvalue weighted by atomic mass is 9.68. The largest absolute Gasteiger partial charge is 0.330 e. The summed E-state index contributed by atoms with van der Waals surface area (Å²) < 4.78 is 0. The predicted molar refractivity (Wildman–Crippen MR) is 101 cm³/mol. The van der Waals surface area contributed by atoms with Crippen molar-refractivity contribution in [3.63, 3.8) is 0 Å². The summed E-state index contributed by atoms with van der Waals surface area (Å²) in [5.74, 6) is 0.257. The van der Waals surface area contributed by atoms with Gasteiger partial charge in [0.2, 0.25) is 11.8 Å². The maximum Gasteiger partial charge on any atom is 0.246 e. The van der Waals surface area contributed by atoms with Crippen LogP contribution in [-0.2, 0) is 15.0 Å². The van der Waals surface area contributed by atoms with E-state index in [9.17, 15) is 9.59 Å². The summed E-state index contributed by atoms with van der Waals surface area (Å²) in [4.78, 5) is 28.9. The third-order valence-corrected chi connectivity index (χ3v) is 6.86. The zero-order valence-electron chi connectivity index (χ0n) is 15.0. The molecule has 6 heteroatoms. The van der Waals surface area contributed by atoms with Gasteiger partial charge in [0.25, 0.3) is 0 Å². The Morgan fingerprint density at radius 2 is 1.92 bits per heavy atom. The summed E-state index contributed by atoms with van der Waals surface area (Å²) in [6.07, 6.45) is 5.35. The Kier molecular flexibility index (Phi) is 4.70. The van der Waals surface area contributed by atoms with Crippen molar-refractivity contribution in [2.45, 2.75) is 56.0 Å². The first kappa shape index (κ1) is 17.8. The molecule has 140 valence electrons. The van der Waals surface area contributed by atoms with Gasteiger partial charge in [-0.2, -0.15) is 0 Å². The monoisotopic (exact) mass is 375 g/mol. The highest BCUT2D eigenvalue weighted by molar-refractivity contribution is 6.30. The van der Waals surface area contributed by atoms with Crippen molar-refractivity contribution in [1.82, 2.24) is 9.80 Å². The lowest BCUT2D eigenvalue weighted by Gasteiger charge is -2.46. The number of carbonyl (C=O) groups is 2. The number of hydrogen-bond acceptors (Lipinski definition) is 3. The van der Waals surface area contributed by atoms with Crippen molar-refractivity contribution in [3.05, 3.63) is 34.9 Å². The third-order valence-electron chi connectivity index (χ3n) is 6.63. The van der Waals surface area contributed by atoms with Crippen molar-refractivity contribution in [2.24, 2.45) is 5.73 Å². The molecule has 0 radical (unpaired) electrons. The fourth-order valence-corrected chi connectivity index (χ4v) is 5.22. The molecule has 2 aliphatic heterocycles. The molecule has 1 aromatic carbocycles. The molecule has 2 amide bonds. The minimum absolute atomic E-state index is 0.0797. The van der Waals surface area contributed by atoms with Gasteiger partial charge in [0.05, 0.1) is 0 Å². The van der Waals surface area contributed by atoms with E-state index in [1.807, 2.05) is 23.1 Å². The number of carbonyl (C=O) groups excluding carboxylic acids is 2. The van der Waals surface area contributed by atoms with Crippen LogP contribution in [0.15, 0.2) is 24.3 Å². The van der Waals surface area contributed by atoms with E-state index in [0.29, 0.717) is 6.54 Å².